The number of nitrogen functional groups attached to an aromatic ring is 1. The van der Waals surface area contributed by atoms with E-state index in [-0.39, 0.29) is 0 Å². The topological polar surface area (TPSA) is 54.2 Å². The third-order valence-electron chi connectivity index (χ3n) is 2.76. The van der Waals surface area contributed by atoms with Gasteiger partial charge in [-0.3, -0.25) is 4.90 Å². The summed E-state index contributed by atoms with van der Waals surface area (Å²) in [5.74, 6) is 6.18. The Balaban J connectivity index is 2.01. The van der Waals surface area contributed by atoms with E-state index >= 15 is 0 Å². The number of nitrogens with two attached hydrogens (primary N) is 1. The van der Waals surface area contributed by atoms with Gasteiger partial charge in [-0.25, -0.2) is 10.8 Å². The van der Waals surface area contributed by atoms with Crippen LogP contribution in [-0.2, 0) is 13.1 Å². The van der Waals surface area contributed by atoms with E-state index in [1.807, 2.05) is 18.2 Å². The maximum atomic E-state index is 5.45. The van der Waals surface area contributed by atoms with Crippen molar-refractivity contribution in [3.63, 3.8) is 0 Å². The molecule has 18 heavy (non-hydrogen) atoms. The van der Waals surface area contributed by atoms with Crippen LogP contribution >= 0.6 is 0 Å². The number of hydrogen-bond donors (Lipinski definition) is 2. The first kappa shape index (κ1) is 12.5. The van der Waals surface area contributed by atoms with Crippen LogP contribution in [0.4, 0.5) is 5.82 Å². The molecule has 0 aliphatic carbocycles. The highest BCUT2D eigenvalue weighted by Gasteiger charge is 2.06. The quantitative estimate of drug-likeness (QED) is 0.622. The number of anilines is 1. The number of aromatic nitrogens is 1. The van der Waals surface area contributed by atoms with Crippen molar-refractivity contribution in [2.45, 2.75) is 13.1 Å². The average molecular weight is 242 g/mol. The van der Waals surface area contributed by atoms with Crippen molar-refractivity contribution in [1.82, 2.24) is 9.88 Å². The van der Waals surface area contributed by atoms with E-state index in [1.54, 1.807) is 6.20 Å². The van der Waals surface area contributed by atoms with E-state index < -0.39 is 0 Å². The van der Waals surface area contributed by atoms with Gasteiger partial charge in [-0.2, -0.15) is 0 Å². The van der Waals surface area contributed by atoms with Crippen molar-refractivity contribution in [2.75, 3.05) is 12.5 Å². The van der Waals surface area contributed by atoms with Gasteiger partial charge in [0.05, 0.1) is 0 Å². The van der Waals surface area contributed by atoms with Crippen molar-refractivity contribution in [1.29, 1.82) is 0 Å². The number of benzene rings is 1. The van der Waals surface area contributed by atoms with Gasteiger partial charge in [-0.15, -0.1) is 0 Å². The molecule has 0 atom stereocenters. The largest absolute Gasteiger partial charge is 0.308 e. The number of nitrogens with one attached hydrogen (secondary N) is 1. The summed E-state index contributed by atoms with van der Waals surface area (Å²) in [6.07, 6.45) is 1.73. The number of hydrogen-bond acceptors (Lipinski definition) is 4. The van der Waals surface area contributed by atoms with Crippen LogP contribution in [0, 0.1) is 0 Å². The molecule has 0 saturated carbocycles. The Kier molecular flexibility index (Phi) is 4.28. The summed E-state index contributed by atoms with van der Waals surface area (Å²) in [4.78, 5) is 6.42. The second kappa shape index (κ2) is 6.14. The second-order valence-corrected chi connectivity index (χ2v) is 4.31. The van der Waals surface area contributed by atoms with E-state index in [0.29, 0.717) is 0 Å². The molecule has 1 heterocycles. The molecule has 1 aromatic carbocycles. The smallest absolute Gasteiger partial charge is 0.144 e. The molecule has 0 aliphatic rings. The first-order valence-electron chi connectivity index (χ1n) is 5.92. The normalized spacial score (nSPS) is 10.6. The first-order chi connectivity index (χ1) is 8.79. The van der Waals surface area contributed by atoms with Crippen molar-refractivity contribution in [3.05, 3.63) is 59.8 Å². The highest BCUT2D eigenvalue weighted by atomic mass is 15.3. The van der Waals surface area contributed by atoms with Crippen LogP contribution in [0.25, 0.3) is 0 Å². The molecule has 4 heteroatoms. The Morgan fingerprint density at radius 1 is 1.11 bits per heavy atom. The van der Waals surface area contributed by atoms with Crippen molar-refractivity contribution in [2.24, 2.45) is 5.84 Å². The zero-order valence-electron chi connectivity index (χ0n) is 10.5. The Bertz CT molecular complexity index is 484. The lowest BCUT2D eigenvalue weighted by molar-refractivity contribution is 0.319. The fourth-order valence-electron chi connectivity index (χ4n) is 1.94. The molecule has 3 N–H and O–H groups in total. The van der Waals surface area contributed by atoms with Gasteiger partial charge in [0.15, 0.2) is 0 Å². The van der Waals surface area contributed by atoms with Gasteiger partial charge < -0.3 is 5.43 Å². The molecule has 94 valence electrons. The number of nitrogens with zero attached hydrogens (tertiary/aromatic N) is 2. The number of pyridine rings is 1. The summed E-state index contributed by atoms with van der Waals surface area (Å²) in [7, 11) is 2.08. The van der Waals surface area contributed by atoms with Gasteiger partial charge in [-0.1, -0.05) is 36.4 Å². The highest BCUT2D eigenvalue weighted by molar-refractivity contribution is 5.42. The fraction of sp³-hybridized carbons (Fsp3) is 0.214. The molecule has 4 nitrogen and oxygen atoms in total. The molecule has 0 spiro atoms. The molecule has 0 bridgehead atoms. The molecular weight excluding hydrogens is 224 g/mol. The predicted molar refractivity (Wildman–Crippen MR) is 73.7 cm³/mol. The van der Waals surface area contributed by atoms with Crippen molar-refractivity contribution >= 4 is 5.82 Å². The molecule has 0 radical (unpaired) electrons. The molecule has 2 rings (SSSR count). The number of rotatable bonds is 5. The summed E-state index contributed by atoms with van der Waals surface area (Å²) in [5, 5.41) is 0. The van der Waals surface area contributed by atoms with Crippen LogP contribution in [0.3, 0.4) is 0 Å². The van der Waals surface area contributed by atoms with E-state index in [0.717, 1.165) is 24.5 Å². The minimum atomic E-state index is 0.734. The molecule has 0 unspecified atom stereocenters. The van der Waals surface area contributed by atoms with Crippen molar-refractivity contribution in [3.8, 4) is 0 Å². The Morgan fingerprint density at radius 2 is 1.89 bits per heavy atom. The van der Waals surface area contributed by atoms with Crippen molar-refractivity contribution < 1.29 is 0 Å². The molecular formula is C14H18N4. The minimum Gasteiger partial charge on any atom is -0.308 e. The third kappa shape index (κ3) is 3.29. The third-order valence-corrected chi connectivity index (χ3v) is 2.76. The lowest BCUT2D eigenvalue weighted by Crippen LogP contribution is -2.19. The predicted octanol–water partition coefficient (Wildman–Crippen LogP) is 2.00. The summed E-state index contributed by atoms with van der Waals surface area (Å²) in [6, 6.07) is 14.3. The Morgan fingerprint density at radius 3 is 2.61 bits per heavy atom. The molecule has 0 fully saturated rings. The minimum absolute atomic E-state index is 0.734. The monoisotopic (exact) mass is 242 g/mol. The van der Waals surface area contributed by atoms with Gasteiger partial charge in [-0.05, 0) is 18.7 Å². The summed E-state index contributed by atoms with van der Waals surface area (Å²) in [6.45, 7) is 1.71. The summed E-state index contributed by atoms with van der Waals surface area (Å²) >= 11 is 0. The average Bonchev–Trinajstić information content (AvgIpc) is 2.40. The Hall–Kier alpha value is -1.91. The SMILES string of the molecule is CN(Cc1ccccc1)Cc1cccnc1NN. The van der Waals surface area contributed by atoms with Gasteiger partial charge >= 0.3 is 0 Å². The zero-order chi connectivity index (χ0) is 12.8. The van der Waals surface area contributed by atoms with Crippen LogP contribution in [-0.4, -0.2) is 16.9 Å². The van der Waals surface area contributed by atoms with E-state index in [4.69, 9.17) is 5.84 Å². The zero-order valence-corrected chi connectivity index (χ0v) is 10.5. The van der Waals surface area contributed by atoms with E-state index in [2.05, 4.69) is 46.6 Å². The summed E-state index contributed by atoms with van der Waals surface area (Å²) < 4.78 is 0. The summed E-state index contributed by atoms with van der Waals surface area (Å²) in [5.41, 5.74) is 5.02. The van der Waals surface area contributed by atoms with Gasteiger partial charge in [0.1, 0.15) is 5.82 Å². The van der Waals surface area contributed by atoms with Crippen LogP contribution in [0.5, 0.6) is 0 Å². The second-order valence-electron chi connectivity index (χ2n) is 4.31. The standard InChI is InChI=1S/C14H18N4/c1-18(10-12-6-3-2-4-7-12)11-13-8-5-9-16-14(13)17-15/h2-9H,10-11,15H2,1H3,(H,16,17). The van der Waals surface area contributed by atoms with Crippen LogP contribution in [0.15, 0.2) is 48.7 Å². The van der Waals surface area contributed by atoms with Crippen LogP contribution in [0.1, 0.15) is 11.1 Å². The number of hydrazine groups is 1. The highest BCUT2D eigenvalue weighted by Crippen LogP contribution is 2.13. The maximum absolute atomic E-state index is 5.45. The lowest BCUT2D eigenvalue weighted by atomic mass is 10.2. The molecule has 0 amide bonds. The van der Waals surface area contributed by atoms with Gasteiger partial charge in [0.25, 0.3) is 0 Å². The first-order valence-corrected chi connectivity index (χ1v) is 5.92. The van der Waals surface area contributed by atoms with E-state index in [1.165, 1.54) is 5.56 Å². The molecule has 1 aromatic heterocycles. The van der Waals surface area contributed by atoms with Gasteiger partial charge in [0, 0.05) is 24.8 Å². The van der Waals surface area contributed by atoms with E-state index in [9.17, 15) is 0 Å². The van der Waals surface area contributed by atoms with Crippen LogP contribution < -0.4 is 11.3 Å². The molecule has 0 saturated heterocycles. The van der Waals surface area contributed by atoms with Crippen LogP contribution in [0.2, 0.25) is 0 Å². The maximum Gasteiger partial charge on any atom is 0.144 e. The lowest BCUT2D eigenvalue weighted by Gasteiger charge is -2.18. The Labute approximate surface area is 107 Å². The molecule has 2 aromatic rings. The molecule has 0 aliphatic heterocycles. The fourth-order valence-corrected chi connectivity index (χ4v) is 1.94. The van der Waals surface area contributed by atoms with Gasteiger partial charge in [0.2, 0.25) is 0 Å².